The molecule has 206 valence electrons. The number of amides is 1. The molecule has 0 aliphatic carbocycles. The smallest absolute Gasteiger partial charge is 0.221 e. The monoisotopic (exact) mass is 543 g/mol. The molecule has 0 saturated carbocycles. The molecule has 3 aromatic carbocycles. The second-order valence-electron chi connectivity index (χ2n) is 10.7. The minimum atomic E-state index is -0.101. The molecule has 0 bridgehead atoms. The van der Waals surface area contributed by atoms with Crippen LogP contribution in [-0.2, 0) is 11.3 Å². The molecule has 1 amide bonds. The highest BCUT2D eigenvalue weighted by atomic mass is 35.5. The Kier molecular flexibility index (Phi) is 10.2. The fourth-order valence-electron chi connectivity index (χ4n) is 5.46. The Balaban J connectivity index is 1.59. The van der Waals surface area contributed by atoms with Gasteiger partial charge in [0, 0.05) is 47.0 Å². The van der Waals surface area contributed by atoms with E-state index in [1.54, 1.807) is 0 Å². The van der Waals surface area contributed by atoms with Gasteiger partial charge in [-0.1, -0.05) is 85.6 Å². The van der Waals surface area contributed by atoms with Crippen molar-refractivity contribution >= 4 is 28.4 Å². The van der Waals surface area contributed by atoms with Crippen LogP contribution in [0.15, 0.2) is 79.0 Å². The number of aryl methyl sites for hydroxylation is 1. The molecule has 0 fully saturated rings. The molecule has 4 rings (SSSR count). The molecular formula is C34H42ClN3O. The van der Waals surface area contributed by atoms with Gasteiger partial charge in [0.1, 0.15) is 0 Å². The number of rotatable bonds is 13. The molecule has 1 N–H and O–H groups in total. The number of nitrogens with zero attached hydrogens (tertiary/aromatic N) is 2. The maximum absolute atomic E-state index is 13.4. The summed E-state index contributed by atoms with van der Waals surface area (Å²) in [7, 11) is 0. The van der Waals surface area contributed by atoms with Crippen LogP contribution < -0.4 is 5.32 Å². The minimum Gasteiger partial charge on any atom is -0.354 e. The first kappa shape index (κ1) is 28.9. The van der Waals surface area contributed by atoms with Crippen LogP contribution >= 0.6 is 11.6 Å². The van der Waals surface area contributed by atoms with E-state index in [0.717, 1.165) is 50.1 Å². The molecule has 1 heterocycles. The van der Waals surface area contributed by atoms with Gasteiger partial charge in [0.15, 0.2) is 0 Å². The van der Waals surface area contributed by atoms with Gasteiger partial charge in [-0.25, -0.2) is 0 Å². The van der Waals surface area contributed by atoms with Gasteiger partial charge in [-0.15, -0.1) is 0 Å². The van der Waals surface area contributed by atoms with E-state index in [1.165, 1.54) is 22.0 Å². The van der Waals surface area contributed by atoms with E-state index >= 15 is 0 Å². The molecule has 0 aliphatic heterocycles. The Morgan fingerprint density at radius 2 is 1.74 bits per heavy atom. The number of fused-ring (bicyclic) bond motifs is 1. The summed E-state index contributed by atoms with van der Waals surface area (Å²) in [6.07, 6.45) is 4.66. The molecule has 0 saturated heterocycles. The first-order valence-corrected chi connectivity index (χ1v) is 14.7. The Hall–Kier alpha value is -3.08. The topological polar surface area (TPSA) is 37.3 Å². The minimum absolute atomic E-state index is 0.0747. The van der Waals surface area contributed by atoms with Crippen molar-refractivity contribution in [3.8, 4) is 0 Å². The molecular weight excluding hydrogens is 502 g/mol. The van der Waals surface area contributed by atoms with Gasteiger partial charge in [0.2, 0.25) is 5.91 Å². The van der Waals surface area contributed by atoms with E-state index in [1.807, 2.05) is 18.2 Å². The predicted octanol–water partition coefficient (Wildman–Crippen LogP) is 7.80. The Labute approximate surface area is 239 Å². The number of aromatic nitrogens is 1. The Morgan fingerprint density at radius 1 is 1.00 bits per heavy atom. The summed E-state index contributed by atoms with van der Waals surface area (Å²) in [5.74, 6) is -0.0265. The second-order valence-corrected chi connectivity index (χ2v) is 11.1. The van der Waals surface area contributed by atoms with Gasteiger partial charge in [0.05, 0.1) is 0 Å². The normalized spacial score (nSPS) is 13.1. The zero-order valence-electron chi connectivity index (χ0n) is 23.8. The molecule has 2 atom stereocenters. The summed E-state index contributed by atoms with van der Waals surface area (Å²) < 4.78 is 2.31. The first-order chi connectivity index (χ1) is 18.9. The van der Waals surface area contributed by atoms with Crippen molar-refractivity contribution in [2.75, 3.05) is 19.6 Å². The molecule has 0 spiro atoms. The average Bonchev–Trinajstić information content (AvgIpc) is 3.29. The van der Waals surface area contributed by atoms with Crippen LogP contribution in [0.25, 0.3) is 10.9 Å². The van der Waals surface area contributed by atoms with Crippen molar-refractivity contribution in [1.82, 2.24) is 14.8 Å². The molecule has 39 heavy (non-hydrogen) atoms. The number of carbonyl (C=O) groups excluding carboxylic acids is 1. The number of hydrogen-bond donors (Lipinski definition) is 1. The maximum atomic E-state index is 13.4. The number of benzene rings is 3. The standard InChI is InChI=1S/C34H42ClN3O/c1-5-37(6-2)20-10-11-26(4)36-34(39)22-31(28-12-9-13-29(35)21-28)32-24-38(33-15-8-7-14-30(32)33)23-27-18-16-25(3)17-19-27/h7-9,12-19,21,24,26,31H,5-6,10-11,20,22-23H2,1-4H3,(H,36,39). The van der Waals surface area contributed by atoms with E-state index in [9.17, 15) is 4.79 Å². The van der Waals surface area contributed by atoms with Crippen molar-refractivity contribution in [3.05, 3.63) is 106 Å². The summed E-state index contributed by atoms with van der Waals surface area (Å²) in [5.41, 5.74) is 5.90. The van der Waals surface area contributed by atoms with Gasteiger partial charge in [-0.2, -0.15) is 0 Å². The van der Waals surface area contributed by atoms with Gasteiger partial charge in [0.25, 0.3) is 0 Å². The number of hydrogen-bond acceptors (Lipinski definition) is 2. The molecule has 0 radical (unpaired) electrons. The molecule has 0 aliphatic rings. The first-order valence-electron chi connectivity index (χ1n) is 14.3. The van der Waals surface area contributed by atoms with Crippen LogP contribution in [0, 0.1) is 6.92 Å². The summed E-state index contributed by atoms with van der Waals surface area (Å²) in [4.78, 5) is 15.8. The summed E-state index contributed by atoms with van der Waals surface area (Å²) >= 11 is 6.44. The molecule has 2 unspecified atom stereocenters. The van der Waals surface area contributed by atoms with Gasteiger partial charge >= 0.3 is 0 Å². The number of halogens is 1. The van der Waals surface area contributed by atoms with Crippen molar-refractivity contribution < 1.29 is 4.79 Å². The molecule has 4 nitrogen and oxygen atoms in total. The van der Waals surface area contributed by atoms with Crippen LogP contribution in [0.2, 0.25) is 5.02 Å². The van der Waals surface area contributed by atoms with E-state index < -0.39 is 0 Å². The fourth-order valence-corrected chi connectivity index (χ4v) is 5.66. The number of nitrogens with one attached hydrogen (secondary N) is 1. The summed E-state index contributed by atoms with van der Waals surface area (Å²) in [6, 6.07) is 25.3. The molecule has 5 heteroatoms. The number of para-hydroxylation sites is 1. The van der Waals surface area contributed by atoms with E-state index in [4.69, 9.17) is 11.6 Å². The Bertz CT molecular complexity index is 1360. The largest absolute Gasteiger partial charge is 0.354 e. The third-order valence-corrected chi connectivity index (χ3v) is 7.96. The lowest BCUT2D eigenvalue weighted by Crippen LogP contribution is -2.34. The van der Waals surface area contributed by atoms with Gasteiger partial charge in [-0.05, 0) is 81.2 Å². The lowest BCUT2D eigenvalue weighted by atomic mass is 9.88. The van der Waals surface area contributed by atoms with Crippen LogP contribution in [0.1, 0.15) is 68.2 Å². The molecule has 4 aromatic rings. The highest BCUT2D eigenvalue weighted by Gasteiger charge is 2.24. The van der Waals surface area contributed by atoms with Crippen molar-refractivity contribution in [2.24, 2.45) is 0 Å². The summed E-state index contributed by atoms with van der Waals surface area (Å²) in [5, 5.41) is 5.14. The second kappa shape index (κ2) is 13.8. The average molecular weight is 544 g/mol. The fraction of sp³-hybridized carbons (Fsp3) is 0.382. The maximum Gasteiger partial charge on any atom is 0.221 e. The van der Waals surface area contributed by atoms with Crippen molar-refractivity contribution in [2.45, 2.75) is 65.5 Å². The highest BCUT2D eigenvalue weighted by Crippen LogP contribution is 2.36. The van der Waals surface area contributed by atoms with Crippen LogP contribution in [-0.4, -0.2) is 41.1 Å². The quantitative estimate of drug-likeness (QED) is 0.187. The summed E-state index contributed by atoms with van der Waals surface area (Å²) in [6.45, 7) is 12.6. The third-order valence-electron chi connectivity index (χ3n) is 7.72. The van der Waals surface area contributed by atoms with Crippen LogP contribution in [0.3, 0.4) is 0 Å². The van der Waals surface area contributed by atoms with Gasteiger partial charge < -0.3 is 14.8 Å². The van der Waals surface area contributed by atoms with Gasteiger partial charge in [-0.3, -0.25) is 4.79 Å². The zero-order chi connectivity index (χ0) is 27.8. The third kappa shape index (κ3) is 7.74. The van der Waals surface area contributed by atoms with E-state index in [2.05, 4.69) is 103 Å². The highest BCUT2D eigenvalue weighted by molar-refractivity contribution is 6.30. The predicted molar refractivity (Wildman–Crippen MR) is 165 cm³/mol. The van der Waals surface area contributed by atoms with Crippen LogP contribution in [0.5, 0.6) is 0 Å². The van der Waals surface area contributed by atoms with Crippen molar-refractivity contribution in [3.63, 3.8) is 0 Å². The molecule has 1 aromatic heterocycles. The van der Waals surface area contributed by atoms with E-state index in [0.29, 0.717) is 11.4 Å². The lowest BCUT2D eigenvalue weighted by molar-refractivity contribution is -0.121. The Morgan fingerprint density at radius 3 is 2.46 bits per heavy atom. The van der Waals surface area contributed by atoms with Crippen LogP contribution in [0.4, 0.5) is 0 Å². The van der Waals surface area contributed by atoms with E-state index in [-0.39, 0.29) is 17.9 Å². The van der Waals surface area contributed by atoms with Crippen molar-refractivity contribution in [1.29, 1.82) is 0 Å². The number of carbonyl (C=O) groups is 1. The zero-order valence-corrected chi connectivity index (χ0v) is 24.5. The lowest BCUT2D eigenvalue weighted by Gasteiger charge is -2.21. The SMILES string of the molecule is CCN(CC)CCCC(C)NC(=O)CC(c1cccc(Cl)c1)c1cn(Cc2ccc(C)cc2)c2ccccc12.